The van der Waals surface area contributed by atoms with Crippen LogP contribution >= 0.6 is 0 Å². The van der Waals surface area contributed by atoms with Crippen molar-refractivity contribution in [3.63, 3.8) is 0 Å². The van der Waals surface area contributed by atoms with Crippen LogP contribution in [0.4, 0.5) is 0 Å². The molecule has 2 bridgehead atoms. The smallest absolute Gasteiger partial charge is 0.169 e. The molecule has 1 heterocycles. The molecule has 0 aromatic heterocycles. The second-order valence-electron chi connectivity index (χ2n) is 19.3. The number of nitrogens with zero attached hydrogens (tertiary/aromatic N) is 2. The van der Waals surface area contributed by atoms with Crippen LogP contribution < -0.4 is 5.32 Å². The molecular weight excluding hydrogens is 763 g/mol. The standard InChI is InChI=1S/C52H55N3O6/c56-39-17-13-32(26-42(39)59)12-15-36-37-5-1-6-40(57)43(37)46(61)45(60)38(36)16-11-31-7-9-33(10-8-31)28-53-29-52-47-41(58)18-14-35-4-2-21-50(35,47)24-25-51(52)22-3-20-49(51)23-19-34(27-49)44-48(52)55-30-54-44/h1,5-10,12-15,17-19,23,26,34-35,41,47,53,56-61H,2-4,11,16,20-22,24-25,27-30H2. The van der Waals surface area contributed by atoms with Crippen LogP contribution in [-0.4, -0.2) is 61.4 Å². The van der Waals surface area contributed by atoms with Gasteiger partial charge in [-0.1, -0.05) is 91.8 Å². The monoisotopic (exact) mass is 817 g/mol. The average molecular weight is 818 g/mol. The topological polar surface area (TPSA) is 158 Å². The molecule has 3 spiro atoms. The van der Waals surface area contributed by atoms with Gasteiger partial charge in [0.2, 0.25) is 0 Å². The number of hydrogen-bond acceptors (Lipinski definition) is 9. The lowest BCUT2D eigenvalue weighted by Crippen LogP contribution is -2.70. The van der Waals surface area contributed by atoms with E-state index in [0.717, 1.165) is 18.5 Å². The van der Waals surface area contributed by atoms with E-state index in [1.807, 2.05) is 0 Å². The Morgan fingerprint density at radius 3 is 2.46 bits per heavy atom. The van der Waals surface area contributed by atoms with E-state index in [1.54, 1.807) is 30.4 Å². The fourth-order valence-corrected chi connectivity index (χ4v) is 14.6. The van der Waals surface area contributed by atoms with Gasteiger partial charge < -0.3 is 36.0 Å². The number of aryl methyl sites for hydroxylation is 1. The summed E-state index contributed by atoms with van der Waals surface area (Å²) in [5.74, 6) is -0.331. The SMILES string of the molecule is Oc1ccc(C=Cc2c(CCc3ccc(CNCC45C6=NCN=C6C6C=CC7(CCCC74CCC47CCCC4C=CC(O)C75)C6)cc3)c(O)c(O)c3c(O)cccc23)cc1O. The Labute approximate surface area is 356 Å². The fourth-order valence-electron chi connectivity index (χ4n) is 14.6. The number of hydrogen-bond donors (Lipinski definition) is 7. The zero-order valence-corrected chi connectivity index (χ0v) is 34.5. The summed E-state index contributed by atoms with van der Waals surface area (Å²) in [6, 6.07) is 18.1. The molecule has 61 heavy (non-hydrogen) atoms. The quantitative estimate of drug-likeness (QED) is 0.0504. The molecule has 4 fully saturated rings. The first-order valence-corrected chi connectivity index (χ1v) is 22.4. The third-order valence-corrected chi connectivity index (χ3v) is 17.0. The number of fused-ring (bicyclic) bond motifs is 6. The van der Waals surface area contributed by atoms with Gasteiger partial charge in [-0.2, -0.15) is 0 Å². The summed E-state index contributed by atoms with van der Waals surface area (Å²) in [6.07, 6.45) is 24.3. The summed E-state index contributed by atoms with van der Waals surface area (Å²) in [7, 11) is 0. The summed E-state index contributed by atoms with van der Waals surface area (Å²) in [5, 5.41) is 70.2. The molecule has 8 atom stereocenters. The van der Waals surface area contributed by atoms with Gasteiger partial charge in [0.25, 0.3) is 0 Å². The van der Waals surface area contributed by atoms with E-state index in [9.17, 15) is 30.6 Å². The third-order valence-electron chi connectivity index (χ3n) is 17.0. The van der Waals surface area contributed by atoms with Gasteiger partial charge in [0.15, 0.2) is 23.0 Å². The number of aliphatic imine (C=N–C) groups is 2. The van der Waals surface area contributed by atoms with E-state index in [2.05, 4.69) is 53.9 Å². The van der Waals surface area contributed by atoms with Gasteiger partial charge in [0, 0.05) is 35.9 Å². The molecule has 314 valence electrons. The molecule has 11 rings (SSSR count). The van der Waals surface area contributed by atoms with Crippen LogP contribution in [0.1, 0.15) is 85.6 Å². The molecule has 0 amide bonds. The van der Waals surface area contributed by atoms with Crippen molar-refractivity contribution >= 4 is 34.3 Å². The highest BCUT2D eigenvalue weighted by Crippen LogP contribution is 2.79. The highest BCUT2D eigenvalue weighted by molar-refractivity contribution is 6.47. The summed E-state index contributed by atoms with van der Waals surface area (Å²) < 4.78 is 0. The van der Waals surface area contributed by atoms with Gasteiger partial charge in [-0.05, 0) is 126 Å². The lowest BCUT2D eigenvalue weighted by molar-refractivity contribution is -0.170. The maximum absolute atomic E-state index is 12.4. The molecule has 0 radical (unpaired) electrons. The predicted molar refractivity (Wildman–Crippen MR) is 239 cm³/mol. The number of aliphatic hydroxyl groups is 1. The Balaban J connectivity index is 0.881. The predicted octanol–water partition coefficient (Wildman–Crippen LogP) is 9.13. The zero-order chi connectivity index (χ0) is 41.7. The van der Waals surface area contributed by atoms with Crippen molar-refractivity contribution in [3.05, 3.63) is 113 Å². The van der Waals surface area contributed by atoms with E-state index in [1.165, 1.54) is 86.6 Å². The van der Waals surface area contributed by atoms with Crippen LogP contribution in [-0.2, 0) is 19.4 Å². The van der Waals surface area contributed by atoms with Gasteiger partial charge in [-0.25, -0.2) is 0 Å². The molecule has 6 aliphatic carbocycles. The molecule has 9 nitrogen and oxygen atoms in total. The Bertz CT molecular complexity index is 2610. The Hall–Kier alpha value is -5.38. The summed E-state index contributed by atoms with van der Waals surface area (Å²) in [5.41, 5.74) is 6.34. The first kappa shape index (κ1) is 38.5. The summed E-state index contributed by atoms with van der Waals surface area (Å²) in [6.45, 7) is 1.94. The van der Waals surface area contributed by atoms with Crippen LogP contribution in [0.5, 0.6) is 28.7 Å². The minimum Gasteiger partial charge on any atom is -0.507 e. The molecule has 8 unspecified atom stereocenters. The molecule has 4 aromatic carbocycles. The maximum atomic E-state index is 12.4. The van der Waals surface area contributed by atoms with E-state index < -0.39 is 6.10 Å². The number of allylic oxidation sites excluding steroid dienone is 3. The van der Waals surface area contributed by atoms with Crippen molar-refractivity contribution in [3.8, 4) is 28.7 Å². The minimum absolute atomic E-state index is 0.0130. The van der Waals surface area contributed by atoms with E-state index in [0.29, 0.717) is 60.0 Å². The van der Waals surface area contributed by atoms with Crippen LogP contribution in [0, 0.1) is 39.4 Å². The van der Waals surface area contributed by atoms with Crippen molar-refractivity contribution in [2.24, 2.45) is 49.4 Å². The van der Waals surface area contributed by atoms with Crippen molar-refractivity contribution in [2.75, 3.05) is 13.2 Å². The minimum atomic E-state index is -0.512. The van der Waals surface area contributed by atoms with E-state index in [4.69, 9.17) is 9.98 Å². The molecule has 1 aliphatic heterocycles. The van der Waals surface area contributed by atoms with Gasteiger partial charge in [0.05, 0.1) is 22.9 Å². The van der Waals surface area contributed by atoms with Gasteiger partial charge in [0.1, 0.15) is 12.4 Å². The first-order valence-electron chi connectivity index (χ1n) is 22.4. The highest BCUT2D eigenvalue weighted by atomic mass is 16.3. The number of rotatable bonds is 9. The molecule has 7 aliphatic rings. The second-order valence-corrected chi connectivity index (χ2v) is 19.3. The number of aromatic hydroxyl groups is 5. The van der Waals surface area contributed by atoms with E-state index in [-0.39, 0.29) is 61.7 Å². The van der Waals surface area contributed by atoms with Gasteiger partial charge in [-0.3, -0.25) is 9.98 Å². The Morgan fingerprint density at radius 1 is 0.754 bits per heavy atom. The van der Waals surface area contributed by atoms with Crippen LogP contribution in [0.3, 0.4) is 0 Å². The number of benzene rings is 4. The van der Waals surface area contributed by atoms with Crippen molar-refractivity contribution in [1.82, 2.24) is 5.32 Å². The number of aliphatic hydroxyl groups excluding tert-OH is 1. The second kappa shape index (κ2) is 14.1. The van der Waals surface area contributed by atoms with Crippen LogP contribution in [0.15, 0.2) is 95.0 Å². The summed E-state index contributed by atoms with van der Waals surface area (Å²) >= 11 is 0. The molecular formula is C52H55N3O6. The lowest BCUT2D eigenvalue weighted by atomic mass is 9.35. The van der Waals surface area contributed by atoms with Gasteiger partial charge in [-0.15, -0.1) is 0 Å². The third kappa shape index (κ3) is 5.45. The maximum Gasteiger partial charge on any atom is 0.169 e. The normalized spacial score (nSPS) is 32.9. The van der Waals surface area contributed by atoms with Crippen molar-refractivity contribution in [1.29, 1.82) is 0 Å². The van der Waals surface area contributed by atoms with Crippen molar-refractivity contribution in [2.45, 2.75) is 83.3 Å². The first-order chi connectivity index (χ1) is 29.6. The van der Waals surface area contributed by atoms with Crippen LogP contribution in [0.25, 0.3) is 22.9 Å². The molecule has 4 aromatic rings. The Kier molecular flexibility index (Phi) is 8.89. The zero-order valence-electron chi connectivity index (χ0n) is 34.5. The Morgan fingerprint density at radius 2 is 1.61 bits per heavy atom. The van der Waals surface area contributed by atoms with Crippen molar-refractivity contribution < 1.29 is 30.6 Å². The molecule has 7 N–H and O–H groups in total. The van der Waals surface area contributed by atoms with Crippen LogP contribution in [0.2, 0.25) is 0 Å². The molecule has 0 saturated heterocycles. The largest absolute Gasteiger partial charge is 0.507 e. The highest BCUT2D eigenvalue weighted by Gasteiger charge is 2.77. The lowest BCUT2D eigenvalue weighted by Gasteiger charge is -2.68. The molecule has 4 saturated carbocycles. The summed E-state index contributed by atoms with van der Waals surface area (Å²) in [4.78, 5) is 10.5. The van der Waals surface area contributed by atoms with E-state index >= 15 is 0 Å². The van der Waals surface area contributed by atoms with Gasteiger partial charge >= 0.3 is 0 Å². The fraction of sp³-hybridized carbons (Fsp3) is 0.423. The number of phenolic OH excluding ortho intramolecular Hbond substituents is 5. The number of nitrogens with one attached hydrogen (secondary N) is 1. The average Bonchev–Trinajstić information content (AvgIpc) is 4.07. The number of phenols is 5. The molecule has 9 heteroatoms.